The van der Waals surface area contributed by atoms with E-state index in [-0.39, 0.29) is 5.92 Å². The summed E-state index contributed by atoms with van der Waals surface area (Å²) in [5.74, 6) is -1.24. The minimum atomic E-state index is -0.920. The maximum atomic E-state index is 11.1. The fourth-order valence-electron chi connectivity index (χ4n) is 3.85. The maximum Gasteiger partial charge on any atom is 0.137 e. The van der Waals surface area contributed by atoms with Crippen molar-refractivity contribution in [2.24, 2.45) is 5.92 Å². The van der Waals surface area contributed by atoms with Crippen molar-refractivity contribution in [3.8, 4) is 11.3 Å². The number of quaternary nitrogens is 1. The smallest absolute Gasteiger partial charge is 0.137 e. The van der Waals surface area contributed by atoms with Gasteiger partial charge in [0.05, 0.1) is 23.8 Å². The minimum absolute atomic E-state index is 0.318. The van der Waals surface area contributed by atoms with Gasteiger partial charge in [0, 0.05) is 36.5 Å². The van der Waals surface area contributed by atoms with Gasteiger partial charge in [0.15, 0.2) is 0 Å². The number of fused-ring (bicyclic) bond motifs is 1. The summed E-state index contributed by atoms with van der Waals surface area (Å²) in [4.78, 5) is 17.3. The first-order valence-electron chi connectivity index (χ1n) is 9.29. The predicted molar refractivity (Wildman–Crippen MR) is 103 cm³/mol. The van der Waals surface area contributed by atoms with Crippen molar-refractivity contribution in [2.75, 3.05) is 13.1 Å². The Morgan fingerprint density at radius 2 is 1.93 bits per heavy atom. The zero-order valence-electron chi connectivity index (χ0n) is 15.2. The number of pyridine rings is 1. The number of likely N-dealkylation sites (tertiary alicyclic amines) is 1. The number of rotatable bonds is 4. The Bertz CT molecular complexity index is 973. The molecule has 1 aliphatic heterocycles. The number of carbonyl (C=O) groups excluding carboxylic acids is 1. The number of aliphatic carboxylic acids is 1. The van der Waals surface area contributed by atoms with Gasteiger partial charge in [-0.25, -0.2) is 4.98 Å². The molecule has 140 valence electrons. The summed E-state index contributed by atoms with van der Waals surface area (Å²) >= 11 is 6.24. The maximum absolute atomic E-state index is 11.1. The second kappa shape index (κ2) is 7.33. The predicted octanol–water partition coefficient (Wildman–Crippen LogP) is 1.51. The molecule has 0 unspecified atom stereocenters. The third-order valence-corrected chi connectivity index (χ3v) is 5.67. The molecule has 1 fully saturated rings. The highest BCUT2D eigenvalue weighted by Crippen LogP contribution is 2.26. The van der Waals surface area contributed by atoms with E-state index in [9.17, 15) is 9.90 Å². The van der Waals surface area contributed by atoms with Gasteiger partial charge in [0.1, 0.15) is 17.9 Å². The van der Waals surface area contributed by atoms with Crippen molar-refractivity contribution in [1.82, 2.24) is 9.38 Å². The van der Waals surface area contributed by atoms with Crippen LogP contribution >= 0.6 is 11.6 Å². The number of aromatic nitrogens is 2. The average molecular weight is 384 g/mol. The Labute approximate surface area is 163 Å². The highest BCUT2D eigenvalue weighted by atomic mass is 35.5. The number of carboxylic acids is 1. The molecule has 0 atom stereocenters. The molecule has 0 spiro atoms. The molecule has 27 heavy (non-hydrogen) atoms. The van der Waals surface area contributed by atoms with E-state index in [0.717, 1.165) is 42.2 Å². The first-order valence-corrected chi connectivity index (χ1v) is 9.67. The van der Waals surface area contributed by atoms with E-state index in [4.69, 9.17) is 16.6 Å². The molecule has 0 aliphatic carbocycles. The quantitative estimate of drug-likeness (QED) is 0.742. The zero-order valence-corrected chi connectivity index (χ0v) is 16.0. The van der Waals surface area contributed by atoms with Crippen molar-refractivity contribution in [3.05, 3.63) is 58.9 Å². The molecule has 4 rings (SSSR count). The summed E-state index contributed by atoms with van der Waals surface area (Å²) in [5, 5.41) is 11.8. The SMILES string of the molecule is Cc1ccc(-c2nc3ccc(Cl)cn3c2C[NH+]2CCC(C(=O)[O-])CC2)cc1. The molecule has 3 heterocycles. The van der Waals surface area contributed by atoms with Crippen LogP contribution in [0.4, 0.5) is 0 Å². The van der Waals surface area contributed by atoms with Crippen LogP contribution in [0.1, 0.15) is 24.1 Å². The van der Waals surface area contributed by atoms with Gasteiger partial charge in [-0.2, -0.15) is 0 Å². The van der Waals surface area contributed by atoms with Crippen LogP contribution in [-0.4, -0.2) is 28.4 Å². The average Bonchev–Trinajstić information content (AvgIpc) is 3.00. The van der Waals surface area contributed by atoms with E-state index in [2.05, 4.69) is 35.6 Å². The Morgan fingerprint density at radius 1 is 1.22 bits per heavy atom. The van der Waals surface area contributed by atoms with Gasteiger partial charge in [-0.15, -0.1) is 0 Å². The van der Waals surface area contributed by atoms with E-state index in [1.807, 2.05) is 18.3 Å². The first kappa shape index (κ1) is 18.0. The number of nitrogens with zero attached hydrogens (tertiary/aromatic N) is 2. The molecular weight excluding hydrogens is 362 g/mol. The number of benzene rings is 1. The molecule has 1 aromatic carbocycles. The molecule has 0 amide bonds. The Kier molecular flexibility index (Phi) is 4.89. The van der Waals surface area contributed by atoms with Crippen molar-refractivity contribution in [2.45, 2.75) is 26.3 Å². The van der Waals surface area contributed by atoms with E-state index < -0.39 is 5.97 Å². The highest BCUT2D eigenvalue weighted by Gasteiger charge is 2.25. The number of imidazole rings is 1. The summed E-state index contributed by atoms with van der Waals surface area (Å²) in [6.45, 7) is 4.49. The molecule has 6 heteroatoms. The third-order valence-electron chi connectivity index (χ3n) is 5.45. The van der Waals surface area contributed by atoms with Gasteiger partial charge < -0.3 is 14.8 Å². The van der Waals surface area contributed by atoms with Crippen LogP contribution in [0.15, 0.2) is 42.6 Å². The number of carboxylic acid groups (broad SMARTS) is 1. The van der Waals surface area contributed by atoms with Crippen molar-refractivity contribution >= 4 is 23.2 Å². The molecule has 0 bridgehead atoms. The monoisotopic (exact) mass is 383 g/mol. The molecule has 1 aliphatic rings. The van der Waals surface area contributed by atoms with Crippen LogP contribution < -0.4 is 10.0 Å². The van der Waals surface area contributed by atoms with Gasteiger partial charge in [-0.3, -0.25) is 4.40 Å². The second-order valence-electron chi connectivity index (χ2n) is 7.37. The van der Waals surface area contributed by atoms with Crippen LogP contribution in [0.5, 0.6) is 0 Å². The summed E-state index contributed by atoms with van der Waals surface area (Å²) in [6, 6.07) is 12.2. The lowest BCUT2D eigenvalue weighted by atomic mass is 9.97. The molecule has 1 N–H and O–H groups in total. The van der Waals surface area contributed by atoms with Gasteiger partial charge >= 0.3 is 0 Å². The summed E-state index contributed by atoms with van der Waals surface area (Å²) < 4.78 is 2.06. The van der Waals surface area contributed by atoms with Gasteiger partial charge in [0.25, 0.3) is 0 Å². The van der Waals surface area contributed by atoms with Crippen LogP contribution in [0.25, 0.3) is 16.9 Å². The second-order valence-corrected chi connectivity index (χ2v) is 7.81. The normalized spacial score (nSPS) is 20.1. The Balaban J connectivity index is 1.69. The zero-order chi connectivity index (χ0) is 19.0. The van der Waals surface area contributed by atoms with Crippen LogP contribution in [0.3, 0.4) is 0 Å². The number of hydrogen-bond donors (Lipinski definition) is 1. The molecule has 0 saturated carbocycles. The molecule has 0 radical (unpaired) electrons. The minimum Gasteiger partial charge on any atom is -0.550 e. The molecular formula is C21H22ClN3O2. The fraction of sp³-hybridized carbons (Fsp3) is 0.333. The fourth-order valence-corrected chi connectivity index (χ4v) is 4.01. The van der Waals surface area contributed by atoms with Crippen LogP contribution in [0, 0.1) is 12.8 Å². The van der Waals surface area contributed by atoms with E-state index in [1.54, 1.807) is 0 Å². The third kappa shape index (κ3) is 3.70. The van der Waals surface area contributed by atoms with Gasteiger partial charge in [0.2, 0.25) is 0 Å². The molecule has 2 aromatic heterocycles. The molecule has 5 nitrogen and oxygen atoms in total. The van der Waals surface area contributed by atoms with Crippen molar-refractivity contribution < 1.29 is 14.8 Å². The number of hydrogen-bond acceptors (Lipinski definition) is 3. The Hall–Kier alpha value is -2.37. The first-order chi connectivity index (χ1) is 13.0. The van der Waals surface area contributed by atoms with E-state index >= 15 is 0 Å². The number of halogens is 1. The lowest BCUT2D eigenvalue weighted by Gasteiger charge is -2.29. The van der Waals surface area contributed by atoms with Crippen molar-refractivity contribution in [1.29, 1.82) is 0 Å². The van der Waals surface area contributed by atoms with E-state index in [0.29, 0.717) is 17.9 Å². The highest BCUT2D eigenvalue weighted by molar-refractivity contribution is 6.30. The lowest BCUT2D eigenvalue weighted by Crippen LogP contribution is -3.12. The van der Waals surface area contributed by atoms with Crippen LogP contribution in [-0.2, 0) is 11.3 Å². The number of nitrogens with one attached hydrogen (secondary N) is 1. The largest absolute Gasteiger partial charge is 0.550 e. The van der Waals surface area contributed by atoms with Gasteiger partial charge in [-0.05, 0) is 19.1 Å². The van der Waals surface area contributed by atoms with Crippen molar-refractivity contribution in [3.63, 3.8) is 0 Å². The number of piperidine rings is 1. The standard InChI is InChI=1S/C21H22ClN3O2/c1-14-2-4-15(5-3-14)20-18(25-12-17(22)6-7-19(25)23-20)13-24-10-8-16(9-11-24)21(26)27/h2-7,12,16H,8-11,13H2,1H3,(H,26,27). The van der Waals surface area contributed by atoms with Crippen LogP contribution in [0.2, 0.25) is 5.02 Å². The summed E-state index contributed by atoms with van der Waals surface area (Å²) in [7, 11) is 0. The number of aryl methyl sites for hydroxylation is 1. The summed E-state index contributed by atoms with van der Waals surface area (Å²) in [6.07, 6.45) is 3.23. The molecule has 1 saturated heterocycles. The Morgan fingerprint density at radius 3 is 2.59 bits per heavy atom. The number of carbonyl (C=O) groups is 1. The molecule has 3 aromatic rings. The topological polar surface area (TPSA) is 61.9 Å². The van der Waals surface area contributed by atoms with E-state index in [1.165, 1.54) is 10.5 Å². The lowest BCUT2D eigenvalue weighted by molar-refractivity contribution is -0.919. The summed E-state index contributed by atoms with van der Waals surface area (Å²) in [5.41, 5.74) is 5.24. The van der Waals surface area contributed by atoms with Gasteiger partial charge in [-0.1, -0.05) is 41.4 Å².